The molecule has 3 aromatic heterocycles. The van der Waals surface area contributed by atoms with Crippen LogP contribution in [-0.2, 0) is 15.9 Å². The number of aromatic nitrogens is 4. The van der Waals surface area contributed by atoms with Crippen LogP contribution in [-0.4, -0.2) is 48.7 Å². The molecule has 190 valence electrons. The number of nitrogens with zero attached hydrogens (tertiary/aromatic N) is 4. The van der Waals surface area contributed by atoms with E-state index in [0.717, 1.165) is 41.2 Å². The molecule has 1 saturated heterocycles. The molecule has 4 heterocycles. The number of ether oxygens (including phenoxy) is 2. The molecule has 1 aliphatic heterocycles. The van der Waals surface area contributed by atoms with Crippen LogP contribution in [0.2, 0.25) is 0 Å². The molecule has 4 aromatic rings. The zero-order valence-electron chi connectivity index (χ0n) is 20.6. The van der Waals surface area contributed by atoms with E-state index >= 15 is 0 Å². The molecule has 3 fully saturated rings. The summed E-state index contributed by atoms with van der Waals surface area (Å²) in [7, 11) is 0. The summed E-state index contributed by atoms with van der Waals surface area (Å²) in [5.74, 6) is 0.598. The lowest BCUT2D eigenvalue weighted by Crippen LogP contribution is -2.32. The molecule has 1 amide bonds. The number of nitrogen functional groups attached to an aromatic ring is 1. The van der Waals surface area contributed by atoms with Crippen molar-refractivity contribution < 1.29 is 19.4 Å². The van der Waals surface area contributed by atoms with E-state index in [2.05, 4.69) is 43.2 Å². The van der Waals surface area contributed by atoms with Gasteiger partial charge in [-0.2, -0.15) is 0 Å². The highest BCUT2D eigenvalue weighted by Crippen LogP contribution is 2.73. The molecule has 10 nitrogen and oxygen atoms in total. The maximum Gasteiger partial charge on any atom is 0.410 e. The first kappa shape index (κ1) is 22.4. The van der Waals surface area contributed by atoms with Crippen LogP contribution in [0, 0.1) is 11.3 Å². The molecule has 1 aromatic carbocycles. The lowest BCUT2D eigenvalue weighted by Gasteiger charge is -2.24. The Morgan fingerprint density at radius 1 is 1.22 bits per heavy atom. The molecule has 2 saturated carbocycles. The monoisotopic (exact) mass is 500 g/mol. The Bertz CT molecular complexity index is 1570. The van der Waals surface area contributed by atoms with Gasteiger partial charge in [0.15, 0.2) is 5.79 Å². The summed E-state index contributed by atoms with van der Waals surface area (Å²) in [4.78, 5) is 24.0. The molecule has 2 aliphatic carbocycles. The number of carbonyl (C=O) groups is 1. The molecular weight excluding hydrogens is 472 g/mol. The van der Waals surface area contributed by atoms with Crippen molar-refractivity contribution in [1.82, 2.24) is 19.5 Å². The van der Waals surface area contributed by atoms with E-state index in [1.807, 2.05) is 32.0 Å². The Hall–Kier alpha value is -3.76. The molecule has 4 N–H and O–H groups in total. The lowest BCUT2D eigenvalue weighted by atomic mass is 9.91. The SMILES string of the molecule is CC1(C)O[C@H]2[C@@H](n3ccc4c(N)ncnc43)[C@H]3C[C@]3(CCc3ccc4nc(NC(=O)O)ccc4c3)[C@@H]2O1. The van der Waals surface area contributed by atoms with Crippen LogP contribution in [0.3, 0.4) is 0 Å². The Labute approximate surface area is 212 Å². The quantitative estimate of drug-likeness (QED) is 0.367. The first-order valence-corrected chi connectivity index (χ1v) is 12.6. The number of rotatable bonds is 5. The van der Waals surface area contributed by atoms with Gasteiger partial charge in [-0.15, -0.1) is 0 Å². The number of nitrogens with one attached hydrogen (secondary N) is 1. The van der Waals surface area contributed by atoms with Gasteiger partial charge in [0.05, 0.1) is 23.0 Å². The number of hydrogen-bond donors (Lipinski definition) is 3. The highest BCUT2D eigenvalue weighted by Gasteiger charge is 2.75. The Morgan fingerprint density at radius 3 is 2.92 bits per heavy atom. The molecule has 0 unspecified atom stereocenters. The average Bonchev–Trinajstić information content (AvgIpc) is 3.10. The number of nitrogens with two attached hydrogens (primary N) is 1. The number of hydrogen-bond acceptors (Lipinski definition) is 7. The van der Waals surface area contributed by atoms with Crippen LogP contribution in [0.1, 0.15) is 38.3 Å². The maximum absolute atomic E-state index is 10.9. The summed E-state index contributed by atoms with van der Waals surface area (Å²) in [5, 5.41) is 13.1. The Balaban J connectivity index is 1.17. The molecule has 5 atom stereocenters. The second kappa shape index (κ2) is 7.62. The second-order valence-electron chi connectivity index (χ2n) is 10.9. The number of amides is 1. The first-order chi connectivity index (χ1) is 17.7. The van der Waals surface area contributed by atoms with Crippen molar-refractivity contribution in [2.75, 3.05) is 11.1 Å². The fraction of sp³-hybridized carbons (Fsp3) is 0.407. The van der Waals surface area contributed by atoms with Crippen LogP contribution < -0.4 is 11.1 Å². The van der Waals surface area contributed by atoms with Gasteiger partial charge >= 0.3 is 6.09 Å². The van der Waals surface area contributed by atoms with Crippen molar-refractivity contribution in [1.29, 1.82) is 0 Å². The van der Waals surface area contributed by atoms with E-state index in [-0.39, 0.29) is 23.7 Å². The average molecular weight is 501 g/mol. The van der Waals surface area contributed by atoms with Crippen molar-refractivity contribution in [3.8, 4) is 0 Å². The minimum Gasteiger partial charge on any atom is -0.465 e. The van der Waals surface area contributed by atoms with Gasteiger partial charge in [-0.1, -0.05) is 6.07 Å². The van der Waals surface area contributed by atoms with Crippen LogP contribution in [0.5, 0.6) is 0 Å². The molecule has 37 heavy (non-hydrogen) atoms. The molecule has 7 rings (SSSR count). The number of fused-ring (bicyclic) bond motifs is 5. The smallest absolute Gasteiger partial charge is 0.410 e. The summed E-state index contributed by atoms with van der Waals surface area (Å²) >= 11 is 0. The summed E-state index contributed by atoms with van der Waals surface area (Å²) < 4.78 is 15.3. The van der Waals surface area contributed by atoms with E-state index < -0.39 is 11.9 Å². The number of pyridine rings is 1. The van der Waals surface area contributed by atoms with E-state index in [1.54, 1.807) is 6.07 Å². The predicted molar refractivity (Wildman–Crippen MR) is 137 cm³/mol. The van der Waals surface area contributed by atoms with Gasteiger partial charge in [0.25, 0.3) is 0 Å². The van der Waals surface area contributed by atoms with Gasteiger partial charge < -0.3 is 24.9 Å². The zero-order chi connectivity index (χ0) is 25.5. The van der Waals surface area contributed by atoms with E-state index in [1.165, 1.54) is 11.9 Å². The van der Waals surface area contributed by atoms with Gasteiger partial charge in [-0.05, 0) is 74.9 Å². The summed E-state index contributed by atoms with van der Waals surface area (Å²) in [6.07, 6.45) is 5.39. The highest BCUT2D eigenvalue weighted by atomic mass is 16.8. The molecular formula is C27H28N6O4. The van der Waals surface area contributed by atoms with E-state index in [4.69, 9.17) is 20.3 Å². The van der Waals surface area contributed by atoms with Crippen molar-refractivity contribution >= 4 is 39.7 Å². The number of carboxylic acid groups (broad SMARTS) is 1. The van der Waals surface area contributed by atoms with Crippen LogP contribution >= 0.6 is 0 Å². The first-order valence-electron chi connectivity index (χ1n) is 12.6. The number of benzene rings is 1. The summed E-state index contributed by atoms with van der Waals surface area (Å²) in [6.45, 7) is 3.98. The summed E-state index contributed by atoms with van der Waals surface area (Å²) in [5.41, 5.74) is 8.98. The number of aryl methyl sites for hydroxylation is 1. The standard InChI is InChI=1S/C27H28N6O4/c1-26(2)36-21-20(33-10-8-16-23(28)29-13-30-24(16)33)17-12-27(17,22(21)37-26)9-7-14-3-5-18-15(11-14)4-6-19(31-18)32-25(34)35/h3-6,8,10-11,13,17,20-22H,7,9,12H2,1-2H3,(H,31,32)(H,34,35)(H2,28,29,30)/t17-,20+,21+,22-,27+/m1/s1. The molecule has 0 radical (unpaired) electrons. The number of anilines is 2. The van der Waals surface area contributed by atoms with Crippen LogP contribution in [0.4, 0.5) is 16.4 Å². The molecule has 3 aliphatic rings. The minimum atomic E-state index is -1.13. The molecule has 0 spiro atoms. The minimum absolute atomic E-state index is 0.0147. The van der Waals surface area contributed by atoms with E-state index in [9.17, 15) is 4.79 Å². The largest absolute Gasteiger partial charge is 0.465 e. The molecule has 10 heteroatoms. The predicted octanol–water partition coefficient (Wildman–Crippen LogP) is 4.37. The highest BCUT2D eigenvalue weighted by molar-refractivity contribution is 5.87. The van der Waals surface area contributed by atoms with Gasteiger partial charge in [0.2, 0.25) is 0 Å². The third-order valence-electron chi connectivity index (χ3n) is 8.35. The third kappa shape index (κ3) is 3.47. The van der Waals surface area contributed by atoms with Gasteiger partial charge in [-0.3, -0.25) is 5.32 Å². The van der Waals surface area contributed by atoms with Crippen molar-refractivity contribution in [3.05, 3.63) is 54.5 Å². The lowest BCUT2D eigenvalue weighted by molar-refractivity contribution is -0.161. The van der Waals surface area contributed by atoms with E-state index in [0.29, 0.717) is 17.6 Å². The zero-order valence-corrected chi connectivity index (χ0v) is 20.6. The Kier molecular flexibility index (Phi) is 4.62. The van der Waals surface area contributed by atoms with Gasteiger partial charge in [-0.25, -0.2) is 19.7 Å². The maximum atomic E-state index is 10.9. The van der Waals surface area contributed by atoms with Crippen LogP contribution in [0.25, 0.3) is 21.9 Å². The van der Waals surface area contributed by atoms with Gasteiger partial charge in [0, 0.05) is 17.0 Å². The fourth-order valence-corrected chi connectivity index (χ4v) is 6.75. The molecule has 0 bridgehead atoms. The van der Waals surface area contributed by atoms with Crippen molar-refractivity contribution in [2.45, 2.75) is 57.1 Å². The normalized spacial score (nSPS) is 29.4. The fourth-order valence-electron chi connectivity index (χ4n) is 6.75. The second-order valence-corrected chi connectivity index (χ2v) is 10.9. The van der Waals surface area contributed by atoms with Crippen molar-refractivity contribution in [3.63, 3.8) is 0 Å². The third-order valence-corrected chi connectivity index (χ3v) is 8.35. The topological polar surface area (TPSA) is 137 Å². The Morgan fingerprint density at radius 2 is 2.08 bits per heavy atom. The van der Waals surface area contributed by atoms with Gasteiger partial charge in [0.1, 0.15) is 29.7 Å². The van der Waals surface area contributed by atoms with Crippen molar-refractivity contribution in [2.24, 2.45) is 11.3 Å². The summed E-state index contributed by atoms with van der Waals surface area (Å²) in [6, 6.07) is 11.9. The van der Waals surface area contributed by atoms with Crippen LogP contribution in [0.15, 0.2) is 48.9 Å².